The fraction of sp³-hybridized carbons (Fsp3) is 0.176. The van der Waals surface area contributed by atoms with Gasteiger partial charge in [-0.05, 0) is 36.2 Å². The van der Waals surface area contributed by atoms with Gasteiger partial charge in [-0.2, -0.15) is 4.98 Å². The predicted molar refractivity (Wildman–Crippen MR) is 92.7 cm³/mol. The number of benzene rings is 2. The van der Waals surface area contributed by atoms with E-state index in [0.29, 0.717) is 5.95 Å². The number of para-hydroxylation sites is 1. The van der Waals surface area contributed by atoms with Crippen LogP contribution in [0.15, 0.2) is 48.5 Å². The molecule has 0 amide bonds. The van der Waals surface area contributed by atoms with E-state index >= 15 is 0 Å². The molecule has 22 heavy (non-hydrogen) atoms. The number of anilines is 2. The fourth-order valence-corrected chi connectivity index (χ4v) is 2.44. The first kappa shape index (κ1) is 14.6. The molecule has 0 radical (unpaired) electrons. The van der Waals surface area contributed by atoms with Crippen LogP contribution >= 0.6 is 11.6 Å². The summed E-state index contributed by atoms with van der Waals surface area (Å²) in [5, 5.41) is 8.18. The second kappa shape index (κ2) is 6.62. The molecular formula is C17H17ClN4. The smallest absolute Gasteiger partial charge is 0.225 e. The second-order valence-corrected chi connectivity index (χ2v) is 5.40. The van der Waals surface area contributed by atoms with Crippen molar-refractivity contribution in [1.29, 1.82) is 0 Å². The van der Waals surface area contributed by atoms with E-state index in [4.69, 9.17) is 11.6 Å². The number of aromatic nitrogens is 2. The first-order chi connectivity index (χ1) is 10.8. The summed E-state index contributed by atoms with van der Waals surface area (Å²) >= 11 is 5.89. The van der Waals surface area contributed by atoms with E-state index in [-0.39, 0.29) is 0 Å². The molecule has 0 aliphatic carbocycles. The van der Waals surface area contributed by atoms with Crippen LogP contribution in [0.3, 0.4) is 0 Å². The van der Waals surface area contributed by atoms with Gasteiger partial charge in [-0.15, -0.1) is 0 Å². The van der Waals surface area contributed by atoms with Crippen molar-refractivity contribution in [2.45, 2.75) is 6.42 Å². The van der Waals surface area contributed by atoms with Gasteiger partial charge < -0.3 is 10.6 Å². The second-order valence-electron chi connectivity index (χ2n) is 4.97. The number of halogens is 1. The molecule has 0 saturated heterocycles. The quantitative estimate of drug-likeness (QED) is 0.748. The number of fused-ring (bicyclic) bond motifs is 1. The Hall–Kier alpha value is -2.33. The van der Waals surface area contributed by atoms with Crippen LogP contribution in [0.2, 0.25) is 5.02 Å². The highest BCUT2D eigenvalue weighted by Gasteiger charge is 2.05. The Balaban J connectivity index is 1.72. The normalized spacial score (nSPS) is 10.6. The molecule has 5 heteroatoms. The van der Waals surface area contributed by atoms with Crippen LogP contribution in [0.4, 0.5) is 11.8 Å². The summed E-state index contributed by atoms with van der Waals surface area (Å²) in [6.45, 7) is 0.767. The zero-order valence-corrected chi connectivity index (χ0v) is 13.1. The van der Waals surface area contributed by atoms with Crippen molar-refractivity contribution in [3.05, 3.63) is 59.1 Å². The maximum atomic E-state index is 5.89. The third-order valence-corrected chi connectivity index (χ3v) is 3.70. The van der Waals surface area contributed by atoms with Gasteiger partial charge in [0.25, 0.3) is 0 Å². The number of hydrogen-bond donors (Lipinski definition) is 2. The zero-order chi connectivity index (χ0) is 15.4. The SMILES string of the molecule is CNc1nc(NCCc2ccc(Cl)cc2)nc2ccccc12. The zero-order valence-electron chi connectivity index (χ0n) is 12.3. The molecule has 2 N–H and O–H groups in total. The van der Waals surface area contributed by atoms with Gasteiger partial charge in [0.05, 0.1) is 5.52 Å². The Morgan fingerprint density at radius 2 is 1.77 bits per heavy atom. The summed E-state index contributed by atoms with van der Waals surface area (Å²) in [6.07, 6.45) is 0.891. The van der Waals surface area contributed by atoms with Crippen LogP contribution < -0.4 is 10.6 Å². The largest absolute Gasteiger partial charge is 0.372 e. The highest BCUT2D eigenvalue weighted by atomic mass is 35.5. The van der Waals surface area contributed by atoms with E-state index in [1.807, 2.05) is 55.6 Å². The minimum absolute atomic E-state index is 0.636. The van der Waals surface area contributed by atoms with Crippen LogP contribution in [-0.4, -0.2) is 23.6 Å². The first-order valence-corrected chi connectivity index (χ1v) is 7.57. The molecule has 0 spiro atoms. The summed E-state index contributed by atoms with van der Waals surface area (Å²) in [4.78, 5) is 9.06. The van der Waals surface area contributed by atoms with Crippen molar-refractivity contribution in [2.24, 2.45) is 0 Å². The maximum Gasteiger partial charge on any atom is 0.225 e. The van der Waals surface area contributed by atoms with Crippen molar-refractivity contribution >= 4 is 34.3 Å². The lowest BCUT2D eigenvalue weighted by Crippen LogP contribution is -2.09. The van der Waals surface area contributed by atoms with E-state index < -0.39 is 0 Å². The predicted octanol–water partition coefficient (Wildman–Crippen LogP) is 3.98. The van der Waals surface area contributed by atoms with E-state index in [0.717, 1.165) is 34.7 Å². The lowest BCUT2D eigenvalue weighted by atomic mass is 10.1. The Morgan fingerprint density at radius 3 is 2.55 bits per heavy atom. The number of nitrogens with one attached hydrogen (secondary N) is 2. The molecule has 112 valence electrons. The monoisotopic (exact) mass is 312 g/mol. The standard InChI is InChI=1S/C17H17ClN4/c1-19-16-14-4-2-3-5-15(14)21-17(22-16)20-11-10-12-6-8-13(18)9-7-12/h2-9H,10-11H2,1H3,(H2,19,20,21,22). The minimum atomic E-state index is 0.636. The van der Waals surface area contributed by atoms with Gasteiger partial charge in [-0.25, -0.2) is 4.98 Å². The highest BCUT2D eigenvalue weighted by Crippen LogP contribution is 2.21. The molecule has 0 aliphatic rings. The number of nitrogens with zero attached hydrogens (tertiary/aromatic N) is 2. The molecule has 0 fully saturated rings. The molecule has 1 heterocycles. The van der Waals surface area contributed by atoms with E-state index in [9.17, 15) is 0 Å². The molecule has 0 bridgehead atoms. The highest BCUT2D eigenvalue weighted by molar-refractivity contribution is 6.30. The molecule has 0 atom stereocenters. The van der Waals surface area contributed by atoms with Crippen molar-refractivity contribution in [2.75, 3.05) is 24.2 Å². The van der Waals surface area contributed by atoms with Gasteiger partial charge in [0.1, 0.15) is 5.82 Å². The summed E-state index contributed by atoms with van der Waals surface area (Å²) in [5.41, 5.74) is 2.15. The molecule has 4 nitrogen and oxygen atoms in total. The molecule has 3 aromatic rings. The Kier molecular flexibility index (Phi) is 4.39. The molecule has 3 rings (SSSR count). The molecular weight excluding hydrogens is 296 g/mol. The average Bonchev–Trinajstić information content (AvgIpc) is 2.56. The third kappa shape index (κ3) is 3.28. The average molecular weight is 313 g/mol. The van der Waals surface area contributed by atoms with Gasteiger partial charge in [0, 0.05) is 24.0 Å². The van der Waals surface area contributed by atoms with Crippen molar-refractivity contribution in [3.63, 3.8) is 0 Å². The minimum Gasteiger partial charge on any atom is -0.372 e. The molecule has 2 aromatic carbocycles. The summed E-state index contributed by atoms with van der Waals surface area (Å²) in [7, 11) is 1.87. The van der Waals surface area contributed by atoms with E-state index in [2.05, 4.69) is 20.6 Å². The molecule has 0 unspecified atom stereocenters. The van der Waals surface area contributed by atoms with Crippen molar-refractivity contribution < 1.29 is 0 Å². The van der Waals surface area contributed by atoms with E-state index in [1.54, 1.807) is 0 Å². The number of hydrogen-bond acceptors (Lipinski definition) is 4. The van der Waals surface area contributed by atoms with E-state index in [1.165, 1.54) is 5.56 Å². The topological polar surface area (TPSA) is 49.8 Å². The lowest BCUT2D eigenvalue weighted by Gasteiger charge is -2.09. The van der Waals surface area contributed by atoms with Crippen LogP contribution in [0.25, 0.3) is 10.9 Å². The Labute approximate surface area is 134 Å². The first-order valence-electron chi connectivity index (χ1n) is 7.19. The van der Waals surface area contributed by atoms with Gasteiger partial charge >= 0.3 is 0 Å². The van der Waals surface area contributed by atoms with Crippen molar-refractivity contribution in [1.82, 2.24) is 9.97 Å². The van der Waals surface area contributed by atoms with Gasteiger partial charge in [-0.3, -0.25) is 0 Å². The molecule has 0 aliphatic heterocycles. The maximum absolute atomic E-state index is 5.89. The Bertz CT molecular complexity index is 771. The van der Waals surface area contributed by atoms with Gasteiger partial charge in [-0.1, -0.05) is 35.9 Å². The van der Waals surface area contributed by atoms with Crippen LogP contribution in [0, 0.1) is 0 Å². The number of rotatable bonds is 5. The summed E-state index contributed by atoms with van der Waals surface area (Å²) in [5.74, 6) is 1.47. The Morgan fingerprint density at radius 1 is 1.00 bits per heavy atom. The van der Waals surface area contributed by atoms with Crippen molar-refractivity contribution in [3.8, 4) is 0 Å². The van der Waals surface area contributed by atoms with Crippen LogP contribution in [0.1, 0.15) is 5.56 Å². The molecule has 1 aromatic heterocycles. The van der Waals surface area contributed by atoms with Gasteiger partial charge in [0.15, 0.2) is 0 Å². The lowest BCUT2D eigenvalue weighted by molar-refractivity contribution is 0.991. The fourth-order valence-electron chi connectivity index (χ4n) is 2.32. The summed E-state index contributed by atoms with van der Waals surface area (Å²) in [6, 6.07) is 15.8. The third-order valence-electron chi connectivity index (χ3n) is 3.45. The van der Waals surface area contributed by atoms with Gasteiger partial charge in [0.2, 0.25) is 5.95 Å². The van der Waals surface area contributed by atoms with Crippen LogP contribution in [0.5, 0.6) is 0 Å². The summed E-state index contributed by atoms with van der Waals surface area (Å²) < 4.78 is 0. The van der Waals surface area contributed by atoms with Crippen LogP contribution in [-0.2, 0) is 6.42 Å². The molecule has 0 saturated carbocycles.